The number of hydrazone groups is 1. The summed E-state index contributed by atoms with van der Waals surface area (Å²) in [5.74, 6) is 0.894. The average molecular weight is 208 g/mol. The average Bonchev–Trinajstić information content (AvgIpc) is 2.26. The highest BCUT2D eigenvalue weighted by Crippen LogP contribution is 2.10. The number of amidine groups is 1. The van der Waals surface area contributed by atoms with Crippen LogP contribution >= 0.6 is 0 Å². The van der Waals surface area contributed by atoms with E-state index in [0.29, 0.717) is 5.56 Å². The molecule has 0 aliphatic rings. The standard InChI is InChI=1S/C9H12N4O2/c1-15-7-4-2-6(3-5-7)8(10)12-13-9(11)14/h2-5H,1H3,(H2,10,12)(H3,11,13,14). The highest BCUT2D eigenvalue weighted by atomic mass is 16.5. The number of methoxy groups -OCH3 is 1. The van der Waals surface area contributed by atoms with E-state index in [1.165, 1.54) is 0 Å². The van der Waals surface area contributed by atoms with Crippen LogP contribution in [-0.2, 0) is 0 Å². The van der Waals surface area contributed by atoms with Crippen LogP contribution in [0.2, 0.25) is 0 Å². The first-order valence-corrected chi connectivity index (χ1v) is 4.16. The van der Waals surface area contributed by atoms with Gasteiger partial charge in [-0.1, -0.05) is 0 Å². The Morgan fingerprint density at radius 2 is 1.93 bits per heavy atom. The molecule has 0 aliphatic carbocycles. The summed E-state index contributed by atoms with van der Waals surface area (Å²) in [5.41, 5.74) is 13.1. The Bertz CT molecular complexity index is 372. The maximum absolute atomic E-state index is 10.4. The topological polar surface area (TPSA) is 103 Å². The normalized spacial score (nSPS) is 10.9. The summed E-state index contributed by atoms with van der Waals surface area (Å²) in [4.78, 5) is 10.4. The second kappa shape index (κ2) is 4.85. The minimum Gasteiger partial charge on any atom is -0.497 e. The van der Waals surface area contributed by atoms with Crippen LogP contribution in [0.1, 0.15) is 5.56 Å². The molecule has 15 heavy (non-hydrogen) atoms. The molecule has 2 amide bonds. The molecule has 6 nitrogen and oxygen atoms in total. The highest BCUT2D eigenvalue weighted by molar-refractivity contribution is 5.98. The molecule has 0 fully saturated rings. The number of nitrogens with one attached hydrogen (secondary N) is 1. The van der Waals surface area contributed by atoms with E-state index in [1.807, 2.05) is 5.43 Å². The van der Waals surface area contributed by atoms with Crippen LogP contribution in [0.3, 0.4) is 0 Å². The van der Waals surface area contributed by atoms with Crippen LogP contribution in [0, 0.1) is 0 Å². The van der Waals surface area contributed by atoms with Crippen molar-refractivity contribution in [2.75, 3.05) is 7.11 Å². The molecule has 1 aromatic carbocycles. The van der Waals surface area contributed by atoms with E-state index < -0.39 is 6.03 Å². The number of nitrogens with two attached hydrogens (primary N) is 2. The molecule has 0 spiro atoms. The van der Waals surface area contributed by atoms with Crippen molar-refractivity contribution in [1.29, 1.82) is 0 Å². The van der Waals surface area contributed by atoms with Gasteiger partial charge < -0.3 is 16.2 Å². The van der Waals surface area contributed by atoms with E-state index in [1.54, 1.807) is 31.4 Å². The van der Waals surface area contributed by atoms with E-state index in [2.05, 4.69) is 5.10 Å². The van der Waals surface area contributed by atoms with E-state index >= 15 is 0 Å². The van der Waals surface area contributed by atoms with Gasteiger partial charge in [-0.15, -0.1) is 0 Å². The molecule has 80 valence electrons. The number of hydrogen-bond donors (Lipinski definition) is 3. The fraction of sp³-hybridized carbons (Fsp3) is 0.111. The monoisotopic (exact) mass is 208 g/mol. The van der Waals surface area contributed by atoms with Crippen molar-refractivity contribution in [3.05, 3.63) is 29.8 Å². The summed E-state index contributed by atoms with van der Waals surface area (Å²) in [6, 6.07) is 6.16. The first-order valence-electron chi connectivity index (χ1n) is 4.16. The third-order valence-corrected chi connectivity index (χ3v) is 1.67. The highest BCUT2D eigenvalue weighted by Gasteiger charge is 1.99. The van der Waals surface area contributed by atoms with Crippen LogP contribution in [0.25, 0.3) is 0 Å². The van der Waals surface area contributed by atoms with E-state index in [0.717, 1.165) is 5.75 Å². The smallest absolute Gasteiger partial charge is 0.332 e. The molecule has 0 aromatic heterocycles. The van der Waals surface area contributed by atoms with Gasteiger partial charge in [0.05, 0.1) is 7.11 Å². The van der Waals surface area contributed by atoms with Crippen molar-refractivity contribution in [1.82, 2.24) is 5.43 Å². The minimum absolute atomic E-state index is 0.177. The molecule has 0 aliphatic heterocycles. The lowest BCUT2D eigenvalue weighted by Crippen LogP contribution is -2.28. The lowest BCUT2D eigenvalue weighted by Gasteiger charge is -2.02. The number of carbonyl (C=O) groups excluding carboxylic acids is 1. The molecule has 1 aromatic rings. The number of rotatable bonds is 3. The van der Waals surface area contributed by atoms with Gasteiger partial charge in [0.2, 0.25) is 0 Å². The molecule has 1 rings (SSSR count). The third-order valence-electron chi connectivity index (χ3n) is 1.67. The zero-order valence-electron chi connectivity index (χ0n) is 8.23. The fourth-order valence-electron chi connectivity index (χ4n) is 0.942. The summed E-state index contributed by atoms with van der Waals surface area (Å²) in [7, 11) is 1.57. The van der Waals surface area contributed by atoms with Gasteiger partial charge in [-0.25, -0.2) is 10.2 Å². The number of hydrogen-bond acceptors (Lipinski definition) is 3. The van der Waals surface area contributed by atoms with E-state index in [9.17, 15) is 4.79 Å². The third kappa shape index (κ3) is 3.18. The Kier molecular flexibility index (Phi) is 3.50. The zero-order chi connectivity index (χ0) is 11.3. The van der Waals surface area contributed by atoms with Gasteiger partial charge in [0.25, 0.3) is 0 Å². The van der Waals surface area contributed by atoms with Crippen LogP contribution in [0.15, 0.2) is 29.4 Å². The van der Waals surface area contributed by atoms with E-state index in [4.69, 9.17) is 16.2 Å². The van der Waals surface area contributed by atoms with Crippen LogP contribution in [-0.4, -0.2) is 19.0 Å². The number of benzene rings is 1. The Morgan fingerprint density at radius 1 is 1.33 bits per heavy atom. The van der Waals surface area contributed by atoms with Crippen molar-refractivity contribution in [3.8, 4) is 5.75 Å². The van der Waals surface area contributed by atoms with Crippen molar-refractivity contribution >= 4 is 11.9 Å². The second-order valence-electron chi connectivity index (χ2n) is 2.70. The lowest BCUT2D eigenvalue weighted by atomic mass is 10.2. The van der Waals surface area contributed by atoms with Gasteiger partial charge in [-0.3, -0.25) is 0 Å². The number of amides is 2. The van der Waals surface area contributed by atoms with Gasteiger partial charge in [-0.2, -0.15) is 5.10 Å². The van der Waals surface area contributed by atoms with Gasteiger partial charge in [0, 0.05) is 5.56 Å². The molecular weight excluding hydrogens is 196 g/mol. The Labute approximate surface area is 86.9 Å². The molecule has 0 heterocycles. The zero-order valence-corrected chi connectivity index (χ0v) is 8.23. The SMILES string of the molecule is COc1ccc(/C(N)=N/NC(N)=O)cc1. The van der Waals surface area contributed by atoms with Crippen LogP contribution < -0.4 is 21.6 Å². The molecule has 0 saturated heterocycles. The maximum Gasteiger partial charge on any atom is 0.332 e. The lowest BCUT2D eigenvalue weighted by molar-refractivity contribution is 0.249. The van der Waals surface area contributed by atoms with Gasteiger partial charge in [0.15, 0.2) is 5.84 Å². The molecule has 0 saturated carbocycles. The van der Waals surface area contributed by atoms with Crippen LogP contribution in [0.4, 0.5) is 4.79 Å². The second-order valence-corrected chi connectivity index (χ2v) is 2.70. The van der Waals surface area contributed by atoms with Crippen molar-refractivity contribution in [3.63, 3.8) is 0 Å². The Morgan fingerprint density at radius 3 is 2.40 bits per heavy atom. The number of primary amides is 1. The predicted octanol–water partition coefficient (Wildman–Crippen LogP) is -0.0162. The summed E-state index contributed by atoms with van der Waals surface area (Å²) in [6.45, 7) is 0. The summed E-state index contributed by atoms with van der Waals surface area (Å²) < 4.78 is 4.98. The molecule has 0 radical (unpaired) electrons. The number of urea groups is 1. The Hall–Kier alpha value is -2.24. The number of carbonyl (C=O) groups is 1. The number of nitrogens with zero attached hydrogens (tertiary/aromatic N) is 1. The Balaban J connectivity index is 2.77. The molecule has 0 unspecified atom stereocenters. The maximum atomic E-state index is 10.4. The first-order chi connectivity index (χ1) is 7.13. The summed E-state index contributed by atoms with van der Waals surface area (Å²) in [6.07, 6.45) is 0. The van der Waals surface area contributed by atoms with Gasteiger partial charge >= 0.3 is 6.03 Å². The largest absolute Gasteiger partial charge is 0.497 e. The molecule has 5 N–H and O–H groups in total. The van der Waals surface area contributed by atoms with Gasteiger partial charge in [-0.05, 0) is 24.3 Å². The molecular formula is C9H12N4O2. The van der Waals surface area contributed by atoms with Crippen molar-refractivity contribution in [2.24, 2.45) is 16.6 Å². The van der Waals surface area contributed by atoms with Crippen molar-refractivity contribution in [2.45, 2.75) is 0 Å². The van der Waals surface area contributed by atoms with Crippen LogP contribution in [0.5, 0.6) is 5.75 Å². The van der Waals surface area contributed by atoms with E-state index in [-0.39, 0.29) is 5.84 Å². The molecule has 0 atom stereocenters. The molecule has 6 heteroatoms. The van der Waals surface area contributed by atoms with Gasteiger partial charge in [0.1, 0.15) is 5.75 Å². The first kappa shape index (κ1) is 10.8. The number of ether oxygens (including phenoxy) is 1. The molecule has 0 bridgehead atoms. The van der Waals surface area contributed by atoms with Crippen molar-refractivity contribution < 1.29 is 9.53 Å². The predicted molar refractivity (Wildman–Crippen MR) is 56.4 cm³/mol. The summed E-state index contributed by atoms with van der Waals surface area (Å²) in [5, 5.41) is 3.58. The quantitative estimate of drug-likeness (QED) is 0.369. The summed E-state index contributed by atoms with van der Waals surface area (Å²) >= 11 is 0. The minimum atomic E-state index is -0.758. The fourth-order valence-corrected chi connectivity index (χ4v) is 0.942.